The summed E-state index contributed by atoms with van der Waals surface area (Å²) in [4.78, 5) is 4.55. The molecular weight excluding hydrogens is 369 g/mol. The van der Waals surface area contributed by atoms with Crippen LogP contribution in [-0.2, 0) is 0 Å². The second kappa shape index (κ2) is 7.48. The summed E-state index contributed by atoms with van der Waals surface area (Å²) in [5.41, 5.74) is 4.83. The number of rotatable bonds is 3. The van der Waals surface area contributed by atoms with E-state index in [1.54, 1.807) is 0 Å². The first-order valence-electron chi connectivity index (χ1n) is 8.24. The van der Waals surface area contributed by atoms with Crippen LogP contribution in [0.3, 0.4) is 0 Å². The van der Waals surface area contributed by atoms with Crippen LogP contribution in [0.25, 0.3) is 10.0 Å². The summed E-state index contributed by atoms with van der Waals surface area (Å²) in [6.07, 6.45) is 6.33. The van der Waals surface area contributed by atoms with Crippen LogP contribution < -0.4 is 4.46 Å². The molecule has 2 heteroatoms. The third-order valence-electron chi connectivity index (χ3n) is 4.00. The third kappa shape index (κ3) is 3.71. The Balaban J connectivity index is 1.72. The van der Waals surface area contributed by atoms with Crippen molar-refractivity contribution in [3.8, 4) is 0 Å². The molecule has 0 aromatic heterocycles. The van der Waals surface area contributed by atoms with Gasteiger partial charge in [-0.15, -0.1) is 0 Å². The molecule has 120 valence electrons. The molecule has 25 heavy (non-hydrogen) atoms. The quantitative estimate of drug-likeness (QED) is 0.451. The van der Waals surface area contributed by atoms with E-state index in [1.807, 2.05) is 36.5 Å². The summed E-state index contributed by atoms with van der Waals surface area (Å²) in [6, 6.07) is 29.4. The van der Waals surface area contributed by atoms with E-state index in [0.717, 1.165) is 5.69 Å². The molecule has 0 saturated carbocycles. The Morgan fingerprint density at radius 1 is 0.720 bits per heavy atom. The molecule has 0 atom stereocenters. The fourth-order valence-corrected chi connectivity index (χ4v) is 5.11. The van der Waals surface area contributed by atoms with Crippen molar-refractivity contribution in [3.05, 3.63) is 108 Å². The monoisotopic (exact) mass is 387 g/mol. The van der Waals surface area contributed by atoms with Crippen molar-refractivity contribution in [2.75, 3.05) is 0 Å². The molecule has 3 aromatic carbocycles. The molecule has 0 aliphatic carbocycles. The Labute approximate surface area is 154 Å². The number of hydrogen-bond acceptors (Lipinski definition) is 1. The first-order chi connectivity index (χ1) is 12.4. The molecule has 0 amide bonds. The summed E-state index contributed by atoms with van der Waals surface area (Å²) < 4.78 is 2.84. The number of allylic oxidation sites excluding steroid dienone is 3. The summed E-state index contributed by atoms with van der Waals surface area (Å²) in [5, 5.41) is 0. The van der Waals surface area contributed by atoms with E-state index in [9.17, 15) is 0 Å². The second-order valence-corrected chi connectivity index (χ2v) is 7.98. The molecule has 0 unspecified atom stereocenters. The van der Waals surface area contributed by atoms with Crippen molar-refractivity contribution < 1.29 is 0 Å². The van der Waals surface area contributed by atoms with Crippen LogP contribution in [0.15, 0.2) is 102 Å². The van der Waals surface area contributed by atoms with Gasteiger partial charge in [0, 0.05) is 0 Å². The third-order valence-corrected chi connectivity index (χ3v) is 6.41. The first kappa shape index (κ1) is 15.8. The standard InChI is InChI=1S/C23H17NSe/c1-3-9-18(10-4-1)23-17-19(21-13-7-8-14-22(21)25-23)15-16-24-20-11-5-2-6-12-20/h1-17H/b19-15-,24-16?. The normalized spacial score (nSPS) is 15.2. The molecule has 1 aliphatic rings. The minimum atomic E-state index is 0.325. The topological polar surface area (TPSA) is 12.4 Å². The summed E-state index contributed by atoms with van der Waals surface area (Å²) >= 11 is 0.325. The Bertz CT molecular complexity index is 954. The summed E-state index contributed by atoms with van der Waals surface area (Å²) in [6.45, 7) is 0. The molecule has 4 rings (SSSR count). The fourth-order valence-electron chi connectivity index (χ4n) is 2.76. The van der Waals surface area contributed by atoms with Gasteiger partial charge in [0.1, 0.15) is 0 Å². The zero-order chi connectivity index (χ0) is 16.9. The number of para-hydroxylation sites is 1. The Morgan fingerprint density at radius 3 is 2.20 bits per heavy atom. The number of benzene rings is 3. The molecule has 3 aromatic rings. The number of fused-ring (bicyclic) bond motifs is 1. The molecule has 0 spiro atoms. The van der Waals surface area contributed by atoms with E-state index in [4.69, 9.17) is 0 Å². The first-order valence-corrected chi connectivity index (χ1v) is 9.95. The van der Waals surface area contributed by atoms with Gasteiger partial charge in [0.2, 0.25) is 0 Å². The molecule has 1 heterocycles. The van der Waals surface area contributed by atoms with Gasteiger partial charge in [-0.05, 0) is 0 Å². The molecule has 1 nitrogen and oxygen atoms in total. The van der Waals surface area contributed by atoms with Gasteiger partial charge in [-0.2, -0.15) is 0 Å². The maximum absolute atomic E-state index is 4.55. The van der Waals surface area contributed by atoms with Gasteiger partial charge in [0.25, 0.3) is 0 Å². The van der Waals surface area contributed by atoms with Crippen molar-refractivity contribution in [1.82, 2.24) is 0 Å². The van der Waals surface area contributed by atoms with Crippen LogP contribution in [0.5, 0.6) is 0 Å². The zero-order valence-electron chi connectivity index (χ0n) is 13.7. The molecule has 1 aliphatic heterocycles. The predicted octanol–water partition coefficient (Wildman–Crippen LogP) is 4.86. The van der Waals surface area contributed by atoms with Crippen molar-refractivity contribution in [2.24, 2.45) is 4.99 Å². The van der Waals surface area contributed by atoms with E-state index in [0.29, 0.717) is 15.0 Å². The van der Waals surface area contributed by atoms with E-state index in [-0.39, 0.29) is 0 Å². The van der Waals surface area contributed by atoms with Crippen LogP contribution >= 0.6 is 0 Å². The van der Waals surface area contributed by atoms with Crippen LogP contribution in [-0.4, -0.2) is 21.2 Å². The van der Waals surface area contributed by atoms with Crippen molar-refractivity contribution >= 4 is 41.4 Å². The Morgan fingerprint density at radius 2 is 1.40 bits per heavy atom. The van der Waals surface area contributed by atoms with Gasteiger partial charge in [-0.25, -0.2) is 0 Å². The number of aliphatic imine (C=N–C) groups is 1. The molecule has 0 radical (unpaired) electrons. The van der Waals surface area contributed by atoms with Crippen molar-refractivity contribution in [1.29, 1.82) is 0 Å². The Kier molecular flexibility index (Phi) is 4.74. The van der Waals surface area contributed by atoms with Crippen LogP contribution in [0.2, 0.25) is 0 Å². The van der Waals surface area contributed by atoms with Gasteiger partial charge in [0.15, 0.2) is 0 Å². The fraction of sp³-hybridized carbons (Fsp3) is 0. The zero-order valence-corrected chi connectivity index (χ0v) is 15.4. The molecule has 0 fully saturated rings. The molecule has 0 saturated heterocycles. The molecule has 0 bridgehead atoms. The molecular formula is C23H17NSe. The van der Waals surface area contributed by atoms with E-state index in [1.165, 1.54) is 25.6 Å². The van der Waals surface area contributed by atoms with Crippen LogP contribution in [0.4, 0.5) is 5.69 Å². The summed E-state index contributed by atoms with van der Waals surface area (Å²) in [7, 11) is 0. The Hall–Kier alpha value is -2.67. The predicted molar refractivity (Wildman–Crippen MR) is 109 cm³/mol. The van der Waals surface area contributed by atoms with Gasteiger partial charge < -0.3 is 0 Å². The van der Waals surface area contributed by atoms with Crippen molar-refractivity contribution in [2.45, 2.75) is 0 Å². The average Bonchev–Trinajstić information content (AvgIpc) is 2.69. The SMILES string of the molecule is C(/C=C1/C=C(c2ccccc2)[Se]c2ccccc21)=Nc1ccccc1. The van der Waals surface area contributed by atoms with Crippen LogP contribution in [0, 0.1) is 0 Å². The molecule has 0 N–H and O–H groups in total. The van der Waals surface area contributed by atoms with E-state index >= 15 is 0 Å². The van der Waals surface area contributed by atoms with Gasteiger partial charge in [0.05, 0.1) is 0 Å². The van der Waals surface area contributed by atoms with E-state index < -0.39 is 0 Å². The van der Waals surface area contributed by atoms with Gasteiger partial charge in [-0.3, -0.25) is 0 Å². The summed E-state index contributed by atoms with van der Waals surface area (Å²) in [5.74, 6) is 0. The maximum atomic E-state index is 4.55. The number of nitrogens with zero attached hydrogens (tertiary/aromatic N) is 1. The van der Waals surface area contributed by atoms with Gasteiger partial charge >= 0.3 is 155 Å². The van der Waals surface area contributed by atoms with Crippen molar-refractivity contribution in [3.63, 3.8) is 0 Å². The van der Waals surface area contributed by atoms with E-state index in [2.05, 4.69) is 71.7 Å². The number of hydrogen-bond donors (Lipinski definition) is 0. The average molecular weight is 386 g/mol. The van der Waals surface area contributed by atoms with Gasteiger partial charge in [-0.1, -0.05) is 0 Å². The van der Waals surface area contributed by atoms with Crippen LogP contribution in [0.1, 0.15) is 11.1 Å². The minimum absolute atomic E-state index is 0.325. The second-order valence-electron chi connectivity index (χ2n) is 5.71.